The van der Waals surface area contributed by atoms with Crippen LogP contribution >= 0.6 is 0 Å². The summed E-state index contributed by atoms with van der Waals surface area (Å²) in [5, 5.41) is 0. The van der Waals surface area contributed by atoms with Gasteiger partial charge >= 0.3 is 17.8 Å². The van der Waals surface area contributed by atoms with Gasteiger partial charge in [0.15, 0.2) is 0 Å². The molecule has 0 aliphatic heterocycles. The van der Waals surface area contributed by atoms with Crippen molar-refractivity contribution in [3.05, 3.63) is 56.4 Å². The first-order valence-electron chi connectivity index (χ1n) is 8.03. The van der Waals surface area contributed by atoms with Crippen LogP contribution < -0.4 is 11.2 Å². The Morgan fingerprint density at radius 3 is 2.15 bits per heavy atom. The van der Waals surface area contributed by atoms with Gasteiger partial charge in [-0.1, -0.05) is 31.2 Å². The Bertz CT molecular complexity index is 972. The van der Waals surface area contributed by atoms with Crippen molar-refractivity contribution in [1.82, 2.24) is 9.13 Å². The number of halogens is 3. The molecule has 2 aromatic rings. The van der Waals surface area contributed by atoms with Crippen LogP contribution in [0.15, 0.2) is 33.9 Å². The van der Waals surface area contributed by atoms with Crippen molar-refractivity contribution in [2.24, 2.45) is 20.0 Å². The highest BCUT2D eigenvalue weighted by molar-refractivity contribution is 5.72. The van der Waals surface area contributed by atoms with Gasteiger partial charge in [-0.15, -0.1) is 0 Å². The summed E-state index contributed by atoms with van der Waals surface area (Å²) < 4.78 is 46.2. The Balaban J connectivity index is 2.58. The third kappa shape index (κ3) is 3.96. The fourth-order valence-electron chi connectivity index (χ4n) is 2.88. The van der Waals surface area contributed by atoms with Gasteiger partial charge in [0.25, 0.3) is 5.56 Å². The van der Waals surface area contributed by atoms with Crippen LogP contribution in [0.1, 0.15) is 18.2 Å². The minimum absolute atomic E-state index is 0.0352. The van der Waals surface area contributed by atoms with E-state index in [9.17, 15) is 27.6 Å². The van der Waals surface area contributed by atoms with Crippen LogP contribution in [-0.4, -0.2) is 22.2 Å². The van der Waals surface area contributed by atoms with Crippen molar-refractivity contribution in [3.63, 3.8) is 0 Å². The van der Waals surface area contributed by atoms with Gasteiger partial charge in [0.05, 0.1) is 18.6 Å². The highest BCUT2D eigenvalue weighted by atomic mass is 19.4. The molecule has 146 valence electrons. The zero-order chi connectivity index (χ0) is 20.5. The third-order valence-electron chi connectivity index (χ3n) is 4.32. The van der Waals surface area contributed by atoms with Gasteiger partial charge in [-0.2, -0.15) is 13.2 Å². The molecule has 0 fully saturated rings. The molecule has 0 bridgehead atoms. The van der Waals surface area contributed by atoms with E-state index in [-0.39, 0.29) is 5.56 Å². The minimum atomic E-state index is -4.88. The van der Waals surface area contributed by atoms with Crippen molar-refractivity contribution in [2.45, 2.75) is 19.5 Å². The Kier molecular flexibility index (Phi) is 5.62. The molecule has 0 spiro atoms. The van der Waals surface area contributed by atoms with Gasteiger partial charge in [0.2, 0.25) is 0 Å². The molecule has 1 heterocycles. The molecular weight excluding hydrogens is 365 g/mol. The van der Waals surface area contributed by atoms with Crippen LogP contribution in [0.25, 0.3) is 11.1 Å². The zero-order valence-electron chi connectivity index (χ0n) is 15.3. The number of alkyl halides is 3. The molecule has 2 rings (SSSR count). The van der Waals surface area contributed by atoms with Crippen molar-refractivity contribution < 1.29 is 22.7 Å². The van der Waals surface area contributed by atoms with Crippen molar-refractivity contribution in [2.75, 3.05) is 7.11 Å². The van der Waals surface area contributed by atoms with E-state index >= 15 is 0 Å². The summed E-state index contributed by atoms with van der Waals surface area (Å²) in [6.07, 6.45) is -4.54. The molecule has 0 saturated heterocycles. The SMILES string of the molecule is COC(=O)C(C)Cc1ccc(-c2c(C(F)(F)F)n(C)c(=O)n(C)c2=O)cc1. The molecule has 1 aromatic carbocycles. The molecule has 1 aromatic heterocycles. The molecule has 9 heteroatoms. The van der Waals surface area contributed by atoms with Crippen molar-refractivity contribution >= 4 is 5.97 Å². The average molecular weight is 384 g/mol. The predicted molar refractivity (Wildman–Crippen MR) is 92.2 cm³/mol. The molecule has 6 nitrogen and oxygen atoms in total. The lowest BCUT2D eigenvalue weighted by molar-refractivity contribution is -0.145. The van der Waals surface area contributed by atoms with Crippen LogP contribution in [-0.2, 0) is 36.2 Å². The summed E-state index contributed by atoms with van der Waals surface area (Å²) in [6.45, 7) is 1.67. The van der Waals surface area contributed by atoms with Gasteiger partial charge in [0.1, 0.15) is 5.69 Å². The number of nitrogens with zero attached hydrogens (tertiary/aromatic N) is 2. The van der Waals surface area contributed by atoms with E-state index in [1.165, 1.54) is 19.2 Å². The Morgan fingerprint density at radius 1 is 1.11 bits per heavy atom. The monoisotopic (exact) mass is 384 g/mol. The van der Waals surface area contributed by atoms with Gasteiger partial charge in [-0.25, -0.2) is 4.79 Å². The number of methoxy groups -OCH3 is 1. The molecular formula is C18H19F3N2O4. The van der Waals surface area contributed by atoms with E-state index in [0.29, 0.717) is 21.1 Å². The summed E-state index contributed by atoms with van der Waals surface area (Å²) in [7, 11) is 3.37. The van der Waals surface area contributed by atoms with E-state index in [4.69, 9.17) is 0 Å². The summed E-state index contributed by atoms with van der Waals surface area (Å²) >= 11 is 0. The highest BCUT2D eigenvalue weighted by Gasteiger charge is 2.39. The molecule has 0 N–H and O–H groups in total. The maximum Gasteiger partial charge on any atom is 0.432 e. The number of rotatable bonds is 4. The average Bonchev–Trinajstić information content (AvgIpc) is 2.61. The van der Waals surface area contributed by atoms with E-state index in [1.807, 2.05) is 0 Å². The van der Waals surface area contributed by atoms with Crippen molar-refractivity contribution in [1.29, 1.82) is 0 Å². The van der Waals surface area contributed by atoms with Gasteiger partial charge in [-0.3, -0.25) is 18.7 Å². The molecule has 27 heavy (non-hydrogen) atoms. The molecule has 0 radical (unpaired) electrons. The van der Waals surface area contributed by atoms with Gasteiger partial charge in [-0.05, 0) is 17.5 Å². The second-order valence-electron chi connectivity index (χ2n) is 6.25. The first-order chi connectivity index (χ1) is 12.5. The number of carbonyl (C=O) groups is 1. The molecule has 0 amide bonds. The topological polar surface area (TPSA) is 70.3 Å². The molecule has 1 atom stereocenters. The maximum atomic E-state index is 13.5. The number of carbonyl (C=O) groups excluding carboxylic acids is 1. The normalized spacial score (nSPS) is 12.7. The Hall–Kier alpha value is -2.84. The first kappa shape index (κ1) is 20.5. The number of ether oxygens (including phenoxy) is 1. The lowest BCUT2D eigenvalue weighted by Crippen LogP contribution is -2.41. The van der Waals surface area contributed by atoms with E-state index in [0.717, 1.165) is 14.1 Å². The summed E-state index contributed by atoms with van der Waals surface area (Å²) in [6, 6.07) is 5.82. The largest absolute Gasteiger partial charge is 0.469 e. The number of hydrogen-bond donors (Lipinski definition) is 0. The van der Waals surface area contributed by atoms with Crippen LogP contribution in [0, 0.1) is 5.92 Å². The lowest BCUT2D eigenvalue weighted by Gasteiger charge is -2.17. The maximum absolute atomic E-state index is 13.5. The summed E-state index contributed by atoms with van der Waals surface area (Å²) in [5.41, 5.74) is -3.24. The number of aromatic nitrogens is 2. The second-order valence-corrected chi connectivity index (χ2v) is 6.25. The first-order valence-corrected chi connectivity index (χ1v) is 8.03. The Labute approximate surface area is 152 Å². The van der Waals surface area contributed by atoms with Crippen LogP contribution in [0.5, 0.6) is 0 Å². The molecule has 0 aliphatic carbocycles. The van der Waals surface area contributed by atoms with Crippen LogP contribution in [0.4, 0.5) is 13.2 Å². The van der Waals surface area contributed by atoms with E-state index in [2.05, 4.69) is 4.74 Å². The standard InChI is InChI=1S/C18H19F3N2O4/c1-10(16(25)27-4)9-11-5-7-12(8-6-11)13-14(18(19,20)21)22(2)17(26)23(3)15(13)24/h5-8,10H,9H2,1-4H3. The van der Waals surface area contributed by atoms with Gasteiger partial charge in [0, 0.05) is 14.1 Å². The smallest absolute Gasteiger partial charge is 0.432 e. The molecule has 1 unspecified atom stereocenters. The third-order valence-corrected chi connectivity index (χ3v) is 4.32. The fourth-order valence-corrected chi connectivity index (χ4v) is 2.88. The van der Waals surface area contributed by atoms with Gasteiger partial charge < -0.3 is 4.74 Å². The number of benzene rings is 1. The summed E-state index contributed by atoms with van der Waals surface area (Å²) in [5.74, 6) is -0.817. The molecule has 0 saturated carbocycles. The number of esters is 1. The van der Waals surface area contributed by atoms with E-state index in [1.54, 1.807) is 19.1 Å². The lowest BCUT2D eigenvalue weighted by atomic mass is 9.97. The summed E-state index contributed by atoms with van der Waals surface area (Å²) in [4.78, 5) is 35.8. The minimum Gasteiger partial charge on any atom is -0.469 e. The van der Waals surface area contributed by atoms with Crippen LogP contribution in [0.3, 0.4) is 0 Å². The van der Waals surface area contributed by atoms with E-state index < -0.39 is 40.6 Å². The van der Waals surface area contributed by atoms with Crippen molar-refractivity contribution in [3.8, 4) is 11.1 Å². The predicted octanol–water partition coefficient (Wildman–Crippen LogP) is 2.12. The highest BCUT2D eigenvalue weighted by Crippen LogP contribution is 2.34. The Morgan fingerprint density at radius 2 is 1.67 bits per heavy atom. The second kappa shape index (κ2) is 7.42. The fraction of sp³-hybridized carbons (Fsp3) is 0.389. The molecule has 0 aliphatic rings. The number of hydrogen-bond acceptors (Lipinski definition) is 4. The quantitative estimate of drug-likeness (QED) is 0.758. The van der Waals surface area contributed by atoms with Crippen LogP contribution in [0.2, 0.25) is 0 Å². The zero-order valence-corrected chi connectivity index (χ0v) is 15.3.